The first-order chi connectivity index (χ1) is 9.90. The van der Waals surface area contributed by atoms with Gasteiger partial charge in [-0.15, -0.1) is 0 Å². The van der Waals surface area contributed by atoms with Gasteiger partial charge < -0.3 is 10.1 Å². The monoisotopic (exact) mass is 376 g/mol. The number of nitrogens with zero attached hydrogens (tertiary/aromatic N) is 1. The zero-order valence-electron chi connectivity index (χ0n) is 12.3. The van der Waals surface area contributed by atoms with Gasteiger partial charge in [0.1, 0.15) is 5.75 Å². The van der Waals surface area contributed by atoms with Crippen molar-refractivity contribution in [2.24, 2.45) is 0 Å². The van der Waals surface area contributed by atoms with E-state index in [1.807, 2.05) is 18.2 Å². The van der Waals surface area contributed by atoms with Crippen LogP contribution < -0.4 is 10.1 Å². The molecule has 1 aromatic rings. The van der Waals surface area contributed by atoms with E-state index in [4.69, 9.17) is 4.74 Å². The molecule has 1 heterocycles. The molecular formula is C14H21BrN2O3S. The van der Waals surface area contributed by atoms with Crippen molar-refractivity contribution >= 4 is 26.0 Å². The van der Waals surface area contributed by atoms with E-state index < -0.39 is 10.0 Å². The van der Waals surface area contributed by atoms with Crippen molar-refractivity contribution in [2.45, 2.75) is 18.9 Å². The van der Waals surface area contributed by atoms with Crippen LogP contribution in [0.15, 0.2) is 22.7 Å². The number of hydrogen-bond acceptors (Lipinski definition) is 4. The molecule has 0 aliphatic carbocycles. The highest BCUT2D eigenvalue weighted by Crippen LogP contribution is 2.33. The molecule has 5 nitrogen and oxygen atoms in total. The number of fused-ring (bicyclic) bond motifs is 1. The van der Waals surface area contributed by atoms with E-state index in [9.17, 15) is 8.42 Å². The summed E-state index contributed by atoms with van der Waals surface area (Å²) in [7, 11) is -0.0457. The molecule has 1 N–H and O–H groups in total. The van der Waals surface area contributed by atoms with Gasteiger partial charge >= 0.3 is 0 Å². The molecule has 0 bridgehead atoms. The number of ether oxygens (including phenoxy) is 1. The van der Waals surface area contributed by atoms with E-state index in [0.717, 1.165) is 28.6 Å². The largest absolute Gasteiger partial charge is 0.493 e. The Hall–Kier alpha value is -0.630. The van der Waals surface area contributed by atoms with Gasteiger partial charge in [0, 0.05) is 36.7 Å². The molecule has 1 atom stereocenters. The van der Waals surface area contributed by atoms with Crippen LogP contribution in [0.2, 0.25) is 0 Å². The fourth-order valence-electron chi connectivity index (χ4n) is 2.30. The molecule has 0 spiro atoms. The molecule has 21 heavy (non-hydrogen) atoms. The third kappa shape index (κ3) is 4.42. The predicted molar refractivity (Wildman–Crippen MR) is 87.1 cm³/mol. The Morgan fingerprint density at radius 2 is 2.19 bits per heavy atom. The summed E-state index contributed by atoms with van der Waals surface area (Å²) in [5.74, 6) is 0.971. The first kappa shape index (κ1) is 16.7. The summed E-state index contributed by atoms with van der Waals surface area (Å²) in [6.45, 7) is 1.12. The number of sulfonamides is 1. The lowest BCUT2D eigenvalue weighted by atomic mass is 10.0. The Morgan fingerprint density at radius 1 is 1.43 bits per heavy atom. The quantitative estimate of drug-likeness (QED) is 0.854. The van der Waals surface area contributed by atoms with Crippen molar-refractivity contribution in [2.75, 3.05) is 33.0 Å². The van der Waals surface area contributed by atoms with E-state index in [1.54, 1.807) is 14.1 Å². The van der Waals surface area contributed by atoms with Crippen LogP contribution in [0.4, 0.5) is 0 Å². The second-order valence-electron chi connectivity index (χ2n) is 5.28. The van der Waals surface area contributed by atoms with Crippen molar-refractivity contribution in [1.82, 2.24) is 9.62 Å². The first-order valence-corrected chi connectivity index (χ1v) is 9.36. The summed E-state index contributed by atoms with van der Waals surface area (Å²) in [6.07, 6.45) is 1.89. The van der Waals surface area contributed by atoms with E-state index in [0.29, 0.717) is 13.2 Å². The van der Waals surface area contributed by atoms with Gasteiger partial charge in [-0.25, -0.2) is 12.7 Å². The maximum atomic E-state index is 11.8. The summed E-state index contributed by atoms with van der Waals surface area (Å²) < 4.78 is 31.6. The van der Waals surface area contributed by atoms with Gasteiger partial charge in [0.25, 0.3) is 0 Å². The van der Waals surface area contributed by atoms with Gasteiger partial charge in [0.05, 0.1) is 12.4 Å². The molecule has 1 unspecified atom stereocenters. The molecule has 1 aromatic carbocycles. The van der Waals surface area contributed by atoms with Crippen LogP contribution in [0.25, 0.3) is 0 Å². The molecular weight excluding hydrogens is 356 g/mol. The topological polar surface area (TPSA) is 58.6 Å². The molecule has 1 aliphatic heterocycles. The van der Waals surface area contributed by atoms with E-state index >= 15 is 0 Å². The van der Waals surface area contributed by atoms with E-state index in [2.05, 4.69) is 21.2 Å². The fraction of sp³-hybridized carbons (Fsp3) is 0.571. The van der Waals surface area contributed by atoms with Gasteiger partial charge in [-0.3, -0.25) is 0 Å². The minimum Gasteiger partial charge on any atom is -0.493 e. The highest BCUT2D eigenvalue weighted by molar-refractivity contribution is 9.10. The Balaban J connectivity index is 2.04. The second-order valence-corrected chi connectivity index (χ2v) is 8.50. The smallest absolute Gasteiger partial charge is 0.214 e. The first-order valence-electron chi connectivity index (χ1n) is 6.96. The van der Waals surface area contributed by atoms with Crippen molar-refractivity contribution in [3.63, 3.8) is 0 Å². The predicted octanol–water partition coefficient (Wildman–Crippen LogP) is 2.14. The van der Waals surface area contributed by atoms with Crippen LogP contribution in [-0.2, 0) is 10.0 Å². The lowest BCUT2D eigenvalue weighted by Crippen LogP contribution is -2.32. The maximum Gasteiger partial charge on any atom is 0.214 e. The number of hydrogen-bond donors (Lipinski definition) is 1. The average Bonchev–Trinajstić information content (AvgIpc) is 2.60. The molecule has 0 radical (unpaired) electrons. The number of benzene rings is 1. The Morgan fingerprint density at radius 3 is 2.90 bits per heavy atom. The van der Waals surface area contributed by atoms with Crippen molar-refractivity contribution in [3.8, 4) is 5.75 Å². The highest BCUT2D eigenvalue weighted by Gasteiger charge is 2.21. The summed E-state index contributed by atoms with van der Waals surface area (Å²) >= 11 is 3.45. The van der Waals surface area contributed by atoms with Crippen LogP contribution in [0.5, 0.6) is 5.75 Å². The van der Waals surface area contributed by atoms with Crippen molar-refractivity contribution in [1.29, 1.82) is 0 Å². The van der Waals surface area contributed by atoms with Crippen LogP contribution in [-0.4, -0.2) is 45.7 Å². The highest BCUT2D eigenvalue weighted by atomic mass is 79.9. The van der Waals surface area contributed by atoms with Crippen molar-refractivity contribution < 1.29 is 13.2 Å². The lowest BCUT2D eigenvalue weighted by Gasteiger charge is -2.19. The van der Waals surface area contributed by atoms with Gasteiger partial charge in [-0.05, 0) is 25.0 Å². The van der Waals surface area contributed by atoms with Crippen LogP contribution in [0, 0.1) is 0 Å². The van der Waals surface area contributed by atoms with Gasteiger partial charge in [-0.1, -0.05) is 22.0 Å². The average molecular weight is 377 g/mol. The Kier molecular flexibility index (Phi) is 5.65. The molecule has 1 aliphatic rings. The third-order valence-electron chi connectivity index (χ3n) is 3.55. The SMILES string of the molecule is CN(C)S(=O)(=O)CCNC1CCCOc2cc(Br)ccc21. The zero-order valence-corrected chi connectivity index (χ0v) is 14.7. The van der Waals surface area contributed by atoms with Crippen molar-refractivity contribution in [3.05, 3.63) is 28.2 Å². The molecule has 0 saturated carbocycles. The Bertz CT molecular complexity index is 590. The molecule has 0 amide bonds. The zero-order chi connectivity index (χ0) is 15.5. The third-order valence-corrected chi connectivity index (χ3v) is 5.88. The van der Waals surface area contributed by atoms with Crippen LogP contribution >= 0.6 is 15.9 Å². The van der Waals surface area contributed by atoms with Gasteiger partial charge in [0.15, 0.2) is 0 Å². The van der Waals surface area contributed by atoms with E-state index in [-0.39, 0.29) is 11.8 Å². The van der Waals surface area contributed by atoms with Gasteiger partial charge in [0.2, 0.25) is 10.0 Å². The maximum absolute atomic E-state index is 11.8. The summed E-state index contributed by atoms with van der Waals surface area (Å²) in [4.78, 5) is 0. The summed E-state index contributed by atoms with van der Waals surface area (Å²) in [6, 6.07) is 6.11. The number of nitrogens with one attached hydrogen (secondary N) is 1. The Labute approximate surface area is 134 Å². The summed E-state index contributed by atoms with van der Waals surface area (Å²) in [5, 5.41) is 3.35. The van der Waals surface area contributed by atoms with Gasteiger partial charge in [-0.2, -0.15) is 0 Å². The normalized spacial score (nSPS) is 19.0. The lowest BCUT2D eigenvalue weighted by molar-refractivity contribution is 0.315. The molecule has 118 valence electrons. The summed E-state index contributed by atoms with van der Waals surface area (Å²) in [5.41, 5.74) is 1.10. The van der Waals surface area contributed by atoms with Crippen LogP contribution in [0.1, 0.15) is 24.4 Å². The molecule has 7 heteroatoms. The number of rotatable bonds is 5. The molecule has 0 fully saturated rings. The van der Waals surface area contributed by atoms with Crippen LogP contribution in [0.3, 0.4) is 0 Å². The number of halogens is 1. The minimum absolute atomic E-state index is 0.100. The standard InChI is InChI=1S/C14H21BrN2O3S/c1-17(2)21(18,19)9-7-16-13-4-3-8-20-14-10-11(15)5-6-12(13)14/h5-6,10,13,16H,3-4,7-9H2,1-2H3. The van der Waals surface area contributed by atoms with E-state index in [1.165, 1.54) is 4.31 Å². The fourth-order valence-corrected chi connectivity index (χ4v) is 3.38. The minimum atomic E-state index is -3.16. The molecule has 2 rings (SSSR count). The second kappa shape index (κ2) is 7.09. The molecule has 0 aromatic heterocycles. The molecule has 0 saturated heterocycles.